The van der Waals surface area contributed by atoms with E-state index in [0.717, 1.165) is 42.9 Å². The third-order valence-electron chi connectivity index (χ3n) is 8.49. The molecular weight excluding hydrogens is 659 g/mol. The van der Waals surface area contributed by atoms with Crippen molar-refractivity contribution in [1.29, 1.82) is 0 Å². The van der Waals surface area contributed by atoms with E-state index < -0.39 is 13.1 Å². The monoisotopic (exact) mass is 694 g/mol. The first-order valence-corrected chi connectivity index (χ1v) is 18.2. The number of aliphatic carboxylic acids is 1. The van der Waals surface area contributed by atoms with Gasteiger partial charge in [0.25, 0.3) is 0 Å². The van der Waals surface area contributed by atoms with Gasteiger partial charge in [-0.25, -0.2) is 4.98 Å². The molecule has 14 heteroatoms. The highest BCUT2D eigenvalue weighted by atomic mass is 79.9. The summed E-state index contributed by atoms with van der Waals surface area (Å²) in [6, 6.07) is 8.20. The molecule has 0 unspecified atom stereocenters. The maximum absolute atomic E-state index is 13.4. The highest BCUT2D eigenvalue weighted by Gasteiger charge is 2.38. The number of halogens is 1. The summed E-state index contributed by atoms with van der Waals surface area (Å²) in [7, 11) is -1.11. The van der Waals surface area contributed by atoms with Gasteiger partial charge in [0.2, 0.25) is 5.95 Å². The van der Waals surface area contributed by atoms with Crippen molar-refractivity contribution in [2.75, 3.05) is 62.2 Å². The SMILES string of the molecule is COc1cc(N2CCC(N3CC(C(=O)O)C3)CC2)c(C)cc1Nc1ncc(Br)c(Nc2ccc3nccnc3c2P(C)(C)=O)n1. The van der Waals surface area contributed by atoms with Crippen molar-refractivity contribution in [2.24, 2.45) is 5.92 Å². The number of hydrogen-bond donors (Lipinski definition) is 3. The van der Waals surface area contributed by atoms with Crippen LogP contribution in [0, 0.1) is 12.8 Å². The molecule has 236 valence electrons. The zero-order valence-electron chi connectivity index (χ0n) is 25.6. The van der Waals surface area contributed by atoms with Crippen LogP contribution >= 0.6 is 23.1 Å². The van der Waals surface area contributed by atoms with Gasteiger partial charge in [-0.3, -0.25) is 19.7 Å². The van der Waals surface area contributed by atoms with E-state index in [1.54, 1.807) is 39.0 Å². The molecule has 4 aromatic rings. The number of nitrogens with one attached hydrogen (secondary N) is 2. The maximum Gasteiger partial charge on any atom is 0.309 e. The number of fused-ring (bicyclic) bond motifs is 1. The van der Waals surface area contributed by atoms with Gasteiger partial charge < -0.3 is 29.9 Å². The number of nitrogens with zero attached hydrogens (tertiary/aromatic N) is 6. The molecule has 2 aromatic carbocycles. The fraction of sp³-hybridized carbons (Fsp3) is 0.387. The Morgan fingerprint density at radius 3 is 2.49 bits per heavy atom. The number of hydrogen-bond acceptors (Lipinski definition) is 11. The Labute approximate surface area is 270 Å². The lowest BCUT2D eigenvalue weighted by molar-refractivity contribution is -0.148. The standard InChI is InChI=1S/C31H36BrN8O4P/c1-18-13-24(26(44-2)14-25(18)39-11-7-20(8-12-39)40-16-19(17-40)30(41)42)37-31-35-15-21(32)29(38-31)36-23-6-5-22-27(34-10-9-33-22)28(23)45(3,4)43/h5-6,9-10,13-15,19-20H,7-8,11-12,16-17H2,1-4H3,(H,41,42)(H2,35,36,37,38). The third-order valence-corrected chi connectivity index (χ3v) is 10.6. The summed E-state index contributed by atoms with van der Waals surface area (Å²) in [6.07, 6.45) is 6.86. The lowest BCUT2D eigenvalue weighted by Crippen LogP contribution is -2.57. The van der Waals surface area contributed by atoms with Crippen LogP contribution in [0.3, 0.4) is 0 Å². The Hall–Kier alpha value is -3.80. The van der Waals surface area contributed by atoms with Crippen LogP contribution in [-0.4, -0.2) is 88.6 Å². The predicted molar refractivity (Wildman–Crippen MR) is 181 cm³/mol. The van der Waals surface area contributed by atoms with Gasteiger partial charge in [0.05, 0.1) is 39.7 Å². The van der Waals surface area contributed by atoms with Gasteiger partial charge in [-0.05, 0) is 72.8 Å². The van der Waals surface area contributed by atoms with Crippen molar-refractivity contribution in [3.8, 4) is 5.75 Å². The Morgan fingerprint density at radius 2 is 1.80 bits per heavy atom. The number of piperidine rings is 1. The zero-order valence-corrected chi connectivity index (χ0v) is 28.1. The molecule has 3 N–H and O–H groups in total. The van der Waals surface area contributed by atoms with E-state index in [2.05, 4.69) is 58.2 Å². The van der Waals surface area contributed by atoms with Crippen LogP contribution in [0.4, 0.5) is 28.8 Å². The average Bonchev–Trinajstić information content (AvgIpc) is 2.98. The second-order valence-corrected chi connectivity index (χ2v) is 15.9. The summed E-state index contributed by atoms with van der Waals surface area (Å²) in [5.41, 5.74) is 4.83. The van der Waals surface area contributed by atoms with Crippen LogP contribution in [-0.2, 0) is 9.36 Å². The minimum absolute atomic E-state index is 0.228. The molecule has 2 aromatic heterocycles. The average molecular weight is 696 g/mol. The highest BCUT2D eigenvalue weighted by molar-refractivity contribution is 9.10. The first-order chi connectivity index (χ1) is 21.5. The largest absolute Gasteiger partial charge is 0.494 e. The predicted octanol–water partition coefficient (Wildman–Crippen LogP) is 5.22. The lowest BCUT2D eigenvalue weighted by Gasteiger charge is -2.46. The van der Waals surface area contributed by atoms with Crippen LogP contribution < -0.4 is 25.6 Å². The summed E-state index contributed by atoms with van der Waals surface area (Å²) < 4.78 is 19.8. The molecule has 0 amide bonds. The minimum atomic E-state index is -2.75. The summed E-state index contributed by atoms with van der Waals surface area (Å²) in [4.78, 5) is 33.9. The van der Waals surface area contributed by atoms with E-state index >= 15 is 0 Å². The molecule has 2 fully saturated rings. The van der Waals surface area contributed by atoms with Crippen molar-refractivity contribution in [3.05, 3.63) is 52.9 Å². The van der Waals surface area contributed by atoms with E-state index in [1.165, 1.54) is 0 Å². The van der Waals surface area contributed by atoms with Crippen LogP contribution in [0.2, 0.25) is 0 Å². The number of anilines is 5. The van der Waals surface area contributed by atoms with Gasteiger partial charge in [-0.15, -0.1) is 0 Å². The van der Waals surface area contributed by atoms with E-state index in [4.69, 9.17) is 9.72 Å². The number of likely N-dealkylation sites (tertiary alicyclic amines) is 1. The maximum atomic E-state index is 13.4. The van der Waals surface area contributed by atoms with Crippen LogP contribution in [0.25, 0.3) is 11.0 Å². The second-order valence-electron chi connectivity index (χ2n) is 11.9. The van der Waals surface area contributed by atoms with E-state index in [0.29, 0.717) is 63.1 Å². The smallest absolute Gasteiger partial charge is 0.309 e. The molecule has 0 spiro atoms. The fourth-order valence-electron chi connectivity index (χ4n) is 6.15. The number of ether oxygens (including phenoxy) is 1. The van der Waals surface area contributed by atoms with Crippen LogP contribution in [0.15, 0.2) is 47.3 Å². The number of aryl methyl sites for hydroxylation is 1. The molecule has 0 atom stereocenters. The topological polar surface area (TPSA) is 146 Å². The number of carboxylic acids is 1. The molecule has 0 saturated carbocycles. The van der Waals surface area contributed by atoms with Gasteiger partial charge in [0.15, 0.2) is 0 Å². The van der Waals surface area contributed by atoms with Gasteiger partial charge in [0, 0.05) is 62.6 Å². The fourth-order valence-corrected chi connectivity index (χ4v) is 7.84. The Balaban J connectivity index is 1.20. The molecule has 2 aliphatic rings. The molecule has 2 aliphatic heterocycles. The molecule has 2 saturated heterocycles. The normalized spacial score (nSPS) is 16.4. The third kappa shape index (κ3) is 6.47. The quantitative estimate of drug-likeness (QED) is 0.198. The summed E-state index contributed by atoms with van der Waals surface area (Å²) in [6.45, 7) is 8.60. The zero-order chi connectivity index (χ0) is 31.9. The Kier molecular flexibility index (Phi) is 8.69. The molecule has 4 heterocycles. The second kappa shape index (κ2) is 12.5. The van der Waals surface area contributed by atoms with E-state index in [9.17, 15) is 14.5 Å². The number of benzene rings is 2. The number of methoxy groups -OCH3 is 1. The number of rotatable bonds is 9. The van der Waals surface area contributed by atoms with Crippen molar-refractivity contribution >= 4 is 74.2 Å². The van der Waals surface area contributed by atoms with Gasteiger partial charge in [-0.1, -0.05) is 0 Å². The molecule has 6 rings (SSSR count). The summed E-state index contributed by atoms with van der Waals surface area (Å²) in [5, 5.41) is 16.5. The summed E-state index contributed by atoms with van der Waals surface area (Å²) >= 11 is 3.55. The molecule has 12 nitrogen and oxygen atoms in total. The first-order valence-electron chi connectivity index (χ1n) is 14.8. The van der Waals surface area contributed by atoms with Crippen molar-refractivity contribution in [1.82, 2.24) is 24.8 Å². The van der Waals surface area contributed by atoms with Crippen LogP contribution in [0.1, 0.15) is 18.4 Å². The van der Waals surface area contributed by atoms with Gasteiger partial charge in [0.1, 0.15) is 24.2 Å². The van der Waals surface area contributed by atoms with Crippen molar-refractivity contribution in [2.45, 2.75) is 25.8 Å². The van der Waals surface area contributed by atoms with Crippen molar-refractivity contribution in [3.63, 3.8) is 0 Å². The molecule has 0 bridgehead atoms. The van der Waals surface area contributed by atoms with Crippen LogP contribution in [0.5, 0.6) is 5.75 Å². The van der Waals surface area contributed by atoms with E-state index in [1.807, 2.05) is 24.3 Å². The van der Waals surface area contributed by atoms with E-state index in [-0.39, 0.29) is 5.92 Å². The summed E-state index contributed by atoms with van der Waals surface area (Å²) in [5.74, 6) is 0.601. The first kappa shape index (κ1) is 31.2. The Morgan fingerprint density at radius 1 is 1.07 bits per heavy atom. The molecule has 45 heavy (non-hydrogen) atoms. The number of aromatic nitrogens is 4. The number of carboxylic acid groups (broad SMARTS) is 1. The number of carbonyl (C=O) groups is 1. The molecular formula is C31H36BrN8O4P. The highest BCUT2D eigenvalue weighted by Crippen LogP contribution is 2.42. The van der Waals surface area contributed by atoms with Gasteiger partial charge in [-0.2, -0.15) is 4.98 Å². The van der Waals surface area contributed by atoms with Crippen molar-refractivity contribution < 1.29 is 19.2 Å². The molecule has 0 aliphatic carbocycles. The van der Waals surface area contributed by atoms with Gasteiger partial charge >= 0.3 is 5.97 Å². The minimum Gasteiger partial charge on any atom is -0.494 e. The lowest BCUT2D eigenvalue weighted by atomic mass is 9.93. The Bertz CT molecular complexity index is 1800. The molecule has 0 radical (unpaired) electrons.